The van der Waals surface area contributed by atoms with E-state index in [1.807, 2.05) is 0 Å². The maximum Gasteiger partial charge on any atom is 0.216 e. The molecule has 0 fully saturated rings. The average molecular weight is 287 g/mol. The van der Waals surface area contributed by atoms with Crippen LogP contribution in [0.15, 0.2) is 23.3 Å². The van der Waals surface area contributed by atoms with Crippen LogP contribution in [0.1, 0.15) is 11.4 Å². The second-order valence-electron chi connectivity index (χ2n) is 3.30. The first kappa shape index (κ1) is 12.3. The summed E-state index contributed by atoms with van der Waals surface area (Å²) in [5, 5.41) is 11.9. The van der Waals surface area contributed by atoms with Gasteiger partial charge in [0, 0.05) is 10.6 Å². The molecule has 1 aromatic carbocycles. The first-order chi connectivity index (χ1) is 8.08. The molecule has 1 aromatic heterocycles. The summed E-state index contributed by atoms with van der Waals surface area (Å²) in [4.78, 5) is 0. The lowest BCUT2D eigenvalue weighted by molar-refractivity contribution is 0.821. The molecule has 0 saturated heterocycles. The Balaban J connectivity index is 2.36. The molecule has 7 heteroatoms. The highest BCUT2D eigenvalue weighted by Crippen LogP contribution is 2.19. The SMILES string of the molecule is Cc1n[nH]c(=S)n1N=Cc1ccc(Cl)cc1Cl. The third-order valence-corrected chi connectivity index (χ3v) is 2.91. The molecule has 2 aromatic rings. The lowest BCUT2D eigenvalue weighted by atomic mass is 10.2. The van der Waals surface area contributed by atoms with E-state index in [1.165, 1.54) is 4.68 Å². The number of rotatable bonds is 2. The van der Waals surface area contributed by atoms with E-state index in [-0.39, 0.29) is 0 Å². The molecule has 0 amide bonds. The number of hydrogen-bond donors (Lipinski definition) is 1. The van der Waals surface area contributed by atoms with Crippen molar-refractivity contribution in [3.05, 3.63) is 44.4 Å². The highest BCUT2D eigenvalue weighted by atomic mass is 35.5. The predicted octanol–water partition coefficient (Wildman–Crippen LogP) is 3.44. The fraction of sp³-hybridized carbons (Fsp3) is 0.100. The molecule has 0 spiro atoms. The average Bonchev–Trinajstić information content (AvgIpc) is 2.58. The summed E-state index contributed by atoms with van der Waals surface area (Å²) in [6.45, 7) is 1.80. The van der Waals surface area contributed by atoms with Crippen LogP contribution >= 0.6 is 35.4 Å². The Hall–Kier alpha value is -1.17. The quantitative estimate of drug-likeness (QED) is 0.679. The summed E-state index contributed by atoms with van der Waals surface area (Å²) in [6, 6.07) is 5.19. The molecule has 2 rings (SSSR count). The molecule has 0 aliphatic rings. The zero-order valence-corrected chi connectivity index (χ0v) is 11.1. The maximum atomic E-state index is 6.01. The van der Waals surface area contributed by atoms with E-state index in [4.69, 9.17) is 35.4 Å². The monoisotopic (exact) mass is 286 g/mol. The van der Waals surface area contributed by atoms with Crippen LogP contribution in [0.25, 0.3) is 0 Å². The van der Waals surface area contributed by atoms with Gasteiger partial charge in [0.25, 0.3) is 0 Å². The Morgan fingerprint density at radius 2 is 2.24 bits per heavy atom. The van der Waals surface area contributed by atoms with Crippen LogP contribution in [0.4, 0.5) is 0 Å². The first-order valence-corrected chi connectivity index (χ1v) is 5.88. The Kier molecular flexibility index (Phi) is 3.61. The minimum atomic E-state index is 0.434. The molecule has 88 valence electrons. The molecule has 17 heavy (non-hydrogen) atoms. The van der Waals surface area contributed by atoms with Crippen molar-refractivity contribution in [1.29, 1.82) is 0 Å². The number of aromatic nitrogens is 3. The normalized spacial score (nSPS) is 11.2. The summed E-state index contributed by atoms with van der Waals surface area (Å²) in [7, 11) is 0. The van der Waals surface area contributed by atoms with Gasteiger partial charge in [-0.2, -0.15) is 14.9 Å². The third-order valence-electron chi connectivity index (χ3n) is 2.09. The van der Waals surface area contributed by atoms with Crippen LogP contribution in [0.3, 0.4) is 0 Å². The van der Waals surface area contributed by atoms with Crippen LogP contribution in [0, 0.1) is 11.7 Å². The zero-order valence-electron chi connectivity index (χ0n) is 8.82. The Bertz CT molecular complexity index is 629. The van der Waals surface area contributed by atoms with Gasteiger partial charge < -0.3 is 0 Å². The van der Waals surface area contributed by atoms with Gasteiger partial charge in [-0.1, -0.05) is 29.3 Å². The van der Waals surface area contributed by atoms with Gasteiger partial charge in [-0.3, -0.25) is 5.10 Å². The number of hydrogen-bond acceptors (Lipinski definition) is 3. The number of nitrogens with one attached hydrogen (secondary N) is 1. The van der Waals surface area contributed by atoms with E-state index in [0.29, 0.717) is 20.6 Å². The van der Waals surface area contributed by atoms with Crippen LogP contribution in [-0.2, 0) is 0 Å². The molecule has 0 aliphatic heterocycles. The Morgan fingerprint density at radius 1 is 1.47 bits per heavy atom. The second-order valence-corrected chi connectivity index (χ2v) is 4.53. The number of H-pyrrole nitrogens is 1. The van der Waals surface area contributed by atoms with Crippen LogP contribution in [0.2, 0.25) is 10.0 Å². The number of halogens is 2. The van der Waals surface area contributed by atoms with E-state index >= 15 is 0 Å². The van der Waals surface area contributed by atoms with E-state index in [2.05, 4.69) is 15.3 Å². The standard InChI is InChI=1S/C10H8Cl2N4S/c1-6-14-15-10(17)16(6)13-5-7-2-3-8(11)4-9(7)12/h2-5H,1H3,(H,15,17). The summed E-state index contributed by atoms with van der Waals surface area (Å²) in [6.07, 6.45) is 1.61. The highest BCUT2D eigenvalue weighted by Gasteiger charge is 2.00. The van der Waals surface area contributed by atoms with E-state index in [1.54, 1.807) is 31.3 Å². The second kappa shape index (κ2) is 5.00. The molecular formula is C10H8Cl2N4S. The maximum absolute atomic E-state index is 6.01. The van der Waals surface area contributed by atoms with Crippen molar-refractivity contribution in [2.24, 2.45) is 5.10 Å². The number of nitrogens with zero attached hydrogens (tertiary/aromatic N) is 3. The van der Waals surface area contributed by atoms with Crippen LogP contribution in [0.5, 0.6) is 0 Å². The van der Waals surface area contributed by atoms with Crippen molar-refractivity contribution in [2.75, 3.05) is 0 Å². The Labute approximate surface area is 113 Å². The summed E-state index contributed by atoms with van der Waals surface area (Å²) in [5.41, 5.74) is 0.763. The smallest absolute Gasteiger partial charge is 0.216 e. The molecule has 0 saturated carbocycles. The van der Waals surface area contributed by atoms with Gasteiger partial charge in [-0.25, -0.2) is 0 Å². The van der Waals surface area contributed by atoms with Crippen molar-refractivity contribution in [3.8, 4) is 0 Å². The van der Waals surface area contributed by atoms with Gasteiger partial charge in [0.05, 0.1) is 11.2 Å². The summed E-state index contributed by atoms with van der Waals surface area (Å²) < 4.78 is 1.95. The first-order valence-electron chi connectivity index (χ1n) is 4.71. The fourth-order valence-corrected chi connectivity index (χ4v) is 1.91. The van der Waals surface area contributed by atoms with Crippen LogP contribution in [-0.4, -0.2) is 21.1 Å². The molecule has 0 radical (unpaired) electrons. The van der Waals surface area contributed by atoms with Gasteiger partial charge in [0.15, 0.2) is 0 Å². The Morgan fingerprint density at radius 3 is 2.82 bits per heavy atom. The highest BCUT2D eigenvalue weighted by molar-refractivity contribution is 7.71. The van der Waals surface area contributed by atoms with Crippen molar-refractivity contribution in [1.82, 2.24) is 14.9 Å². The number of aryl methyl sites for hydroxylation is 1. The molecule has 0 unspecified atom stereocenters. The van der Waals surface area contributed by atoms with Gasteiger partial charge in [-0.05, 0) is 31.3 Å². The molecule has 4 nitrogen and oxygen atoms in total. The van der Waals surface area contributed by atoms with E-state index in [9.17, 15) is 0 Å². The lowest BCUT2D eigenvalue weighted by Crippen LogP contribution is -1.94. The van der Waals surface area contributed by atoms with E-state index < -0.39 is 0 Å². The molecular weight excluding hydrogens is 279 g/mol. The molecule has 0 bridgehead atoms. The number of aromatic amines is 1. The van der Waals surface area contributed by atoms with Crippen molar-refractivity contribution in [3.63, 3.8) is 0 Å². The summed E-state index contributed by atoms with van der Waals surface area (Å²) in [5.74, 6) is 0.677. The topological polar surface area (TPSA) is 46.0 Å². The lowest BCUT2D eigenvalue weighted by Gasteiger charge is -1.98. The molecule has 1 heterocycles. The van der Waals surface area contributed by atoms with Crippen molar-refractivity contribution in [2.45, 2.75) is 6.92 Å². The molecule has 1 N–H and O–H groups in total. The minimum Gasteiger partial charge on any atom is -0.250 e. The van der Waals surface area contributed by atoms with E-state index in [0.717, 1.165) is 5.56 Å². The third kappa shape index (κ3) is 2.74. The van der Waals surface area contributed by atoms with Crippen molar-refractivity contribution >= 4 is 41.6 Å². The van der Waals surface area contributed by atoms with Gasteiger partial charge in [0.1, 0.15) is 5.82 Å². The van der Waals surface area contributed by atoms with Gasteiger partial charge in [-0.15, -0.1) is 0 Å². The van der Waals surface area contributed by atoms with Crippen LogP contribution < -0.4 is 0 Å². The zero-order chi connectivity index (χ0) is 12.4. The molecule has 0 aliphatic carbocycles. The van der Waals surface area contributed by atoms with Gasteiger partial charge in [0.2, 0.25) is 4.77 Å². The fourth-order valence-electron chi connectivity index (χ4n) is 1.23. The number of benzene rings is 1. The minimum absolute atomic E-state index is 0.434. The van der Waals surface area contributed by atoms with Crippen molar-refractivity contribution < 1.29 is 0 Å². The predicted molar refractivity (Wildman–Crippen MR) is 71.6 cm³/mol. The summed E-state index contributed by atoms with van der Waals surface area (Å²) >= 11 is 16.8. The molecule has 0 atom stereocenters. The largest absolute Gasteiger partial charge is 0.250 e. The van der Waals surface area contributed by atoms with Gasteiger partial charge >= 0.3 is 0 Å².